The van der Waals surface area contributed by atoms with Crippen molar-refractivity contribution in [3.8, 4) is 16.9 Å². The molecule has 2 aromatic heterocycles. The van der Waals surface area contributed by atoms with Crippen LogP contribution >= 0.6 is 0 Å². The Morgan fingerprint density at radius 3 is 2.46 bits per heavy atom. The number of nitrogens with one attached hydrogen (secondary N) is 1. The lowest BCUT2D eigenvalue weighted by atomic mass is 9.72. The molecular formula is C39H43F5N8O2. The Hall–Kier alpha value is -4.53. The number of piperidine rings is 1. The molecule has 4 aromatic rings. The zero-order valence-electron chi connectivity index (χ0n) is 30.2. The van der Waals surface area contributed by atoms with Gasteiger partial charge in [0.1, 0.15) is 11.3 Å². The summed E-state index contributed by atoms with van der Waals surface area (Å²) in [6.07, 6.45) is 2.31. The summed E-state index contributed by atoms with van der Waals surface area (Å²) >= 11 is 0. The molecule has 4 aliphatic heterocycles. The van der Waals surface area contributed by atoms with Crippen molar-refractivity contribution in [3.05, 3.63) is 48.2 Å². The molecule has 0 unspecified atom stereocenters. The van der Waals surface area contributed by atoms with Crippen molar-refractivity contribution in [3.63, 3.8) is 0 Å². The number of aryl methyl sites for hydroxylation is 1. The van der Waals surface area contributed by atoms with Crippen LogP contribution < -0.4 is 14.5 Å². The molecule has 1 atom stereocenters. The molecule has 286 valence electrons. The first-order valence-electron chi connectivity index (χ1n) is 18.8. The van der Waals surface area contributed by atoms with Gasteiger partial charge in [0.25, 0.3) is 5.92 Å². The average molecular weight is 751 g/mol. The number of fused-ring (bicyclic) bond motifs is 2. The van der Waals surface area contributed by atoms with Crippen molar-refractivity contribution in [1.82, 2.24) is 30.0 Å². The van der Waals surface area contributed by atoms with Crippen LogP contribution in [-0.2, 0) is 4.79 Å². The first-order valence-corrected chi connectivity index (χ1v) is 18.8. The number of amides is 1. The van der Waals surface area contributed by atoms with E-state index in [1.165, 1.54) is 6.08 Å². The SMILES string of the molecule is C=CC(=O)N1CC2(CCN(c3nc(N4CC[C@@H](N5CCC(F)(F)C5)C4)nc4c(OCC(F)(F)F)c(-c5c(C)ccc6[nH]ncc56)c(C5CC5)cc34)CC2)C1. The Bertz CT molecular complexity index is 2130. The summed E-state index contributed by atoms with van der Waals surface area (Å²) in [5, 5.41) is 8.68. The van der Waals surface area contributed by atoms with Crippen molar-refractivity contribution in [1.29, 1.82) is 0 Å². The van der Waals surface area contributed by atoms with Crippen LogP contribution in [0.3, 0.4) is 0 Å². The molecule has 15 heteroatoms. The number of aromatic nitrogens is 4. The summed E-state index contributed by atoms with van der Waals surface area (Å²) in [5.74, 6) is -1.64. The lowest BCUT2D eigenvalue weighted by Gasteiger charge is -2.54. The molecule has 4 saturated heterocycles. The van der Waals surface area contributed by atoms with E-state index in [2.05, 4.69) is 27.7 Å². The van der Waals surface area contributed by atoms with Gasteiger partial charge >= 0.3 is 6.18 Å². The number of carbonyl (C=O) groups excluding carboxylic acids is 1. The van der Waals surface area contributed by atoms with E-state index >= 15 is 0 Å². The molecule has 2 aromatic carbocycles. The molecule has 0 radical (unpaired) electrons. The zero-order valence-corrected chi connectivity index (χ0v) is 30.2. The fraction of sp³-hybridized carbons (Fsp3) is 0.538. The van der Waals surface area contributed by atoms with Gasteiger partial charge in [-0.3, -0.25) is 14.8 Å². The number of hydrogen-bond acceptors (Lipinski definition) is 8. The second-order valence-corrected chi connectivity index (χ2v) is 16.0. The van der Waals surface area contributed by atoms with Crippen LogP contribution in [0.4, 0.5) is 33.7 Å². The highest BCUT2D eigenvalue weighted by atomic mass is 19.4. The molecular weight excluding hydrogens is 707 g/mol. The fourth-order valence-corrected chi connectivity index (χ4v) is 9.19. The van der Waals surface area contributed by atoms with Crippen molar-refractivity contribution >= 4 is 39.5 Å². The Morgan fingerprint density at radius 1 is 1.00 bits per heavy atom. The summed E-state index contributed by atoms with van der Waals surface area (Å²) in [5.41, 5.74) is 4.15. The first kappa shape index (κ1) is 35.2. The number of halogens is 5. The van der Waals surface area contributed by atoms with Gasteiger partial charge in [0.2, 0.25) is 11.9 Å². The predicted molar refractivity (Wildman–Crippen MR) is 195 cm³/mol. The topological polar surface area (TPSA) is 93.7 Å². The minimum Gasteiger partial charge on any atom is -0.481 e. The number of H-pyrrole nitrogens is 1. The second-order valence-electron chi connectivity index (χ2n) is 16.0. The van der Waals surface area contributed by atoms with Gasteiger partial charge in [-0.25, -0.2) is 13.8 Å². The minimum atomic E-state index is -4.61. The van der Waals surface area contributed by atoms with Crippen LogP contribution in [0.2, 0.25) is 0 Å². The fourth-order valence-electron chi connectivity index (χ4n) is 9.19. The number of carbonyl (C=O) groups is 1. The van der Waals surface area contributed by atoms with E-state index in [0.29, 0.717) is 80.5 Å². The Labute approximate surface area is 309 Å². The zero-order chi connectivity index (χ0) is 37.6. The Morgan fingerprint density at radius 2 is 1.78 bits per heavy atom. The quantitative estimate of drug-likeness (QED) is 0.155. The number of anilines is 2. The Kier molecular flexibility index (Phi) is 8.32. The summed E-state index contributed by atoms with van der Waals surface area (Å²) in [7, 11) is 0. The van der Waals surface area contributed by atoms with Gasteiger partial charge < -0.3 is 19.4 Å². The monoisotopic (exact) mass is 750 g/mol. The van der Waals surface area contributed by atoms with Crippen LogP contribution in [0.25, 0.3) is 32.9 Å². The number of likely N-dealkylation sites (tertiary alicyclic amines) is 2. The summed E-state index contributed by atoms with van der Waals surface area (Å²) in [6, 6.07) is 5.79. The molecule has 1 aliphatic carbocycles. The molecule has 6 heterocycles. The minimum absolute atomic E-state index is 0.00504. The Balaban J connectivity index is 1.19. The van der Waals surface area contributed by atoms with E-state index in [1.54, 1.807) is 11.1 Å². The second kappa shape index (κ2) is 12.8. The van der Waals surface area contributed by atoms with Crippen LogP contribution in [0.1, 0.15) is 55.6 Å². The van der Waals surface area contributed by atoms with Crippen LogP contribution in [0, 0.1) is 12.3 Å². The van der Waals surface area contributed by atoms with Gasteiger partial charge in [0, 0.05) is 80.0 Å². The van der Waals surface area contributed by atoms with E-state index in [1.807, 2.05) is 28.9 Å². The number of benzene rings is 2. The standard InChI is InChI=1S/C39H43F5N8O2/c1-3-30(53)52-19-37(20-52)9-13-49(14-10-37)35-27-16-26(24-5-6-24)32(31-23(2)4-7-29-28(31)17-45-48-29)34(54-22-39(42,43)44)33(27)46-36(47-35)50-12-8-25(18-50)51-15-11-38(40,41)21-51/h3-4,7,16-17,24-25H,1,5-6,8-15,18-22H2,2H3,(H,45,48)/t25-/m1/s1. The maximum atomic E-state index is 14.2. The number of nitrogens with zero attached hydrogens (tertiary/aromatic N) is 7. The number of aromatic amines is 1. The molecule has 1 saturated carbocycles. The summed E-state index contributed by atoms with van der Waals surface area (Å²) < 4.78 is 76.7. The van der Waals surface area contributed by atoms with Gasteiger partial charge in [0.15, 0.2) is 12.4 Å². The third-order valence-corrected chi connectivity index (χ3v) is 12.2. The van der Waals surface area contributed by atoms with E-state index in [4.69, 9.17) is 14.7 Å². The van der Waals surface area contributed by atoms with E-state index in [0.717, 1.165) is 53.3 Å². The largest absolute Gasteiger partial charge is 0.481 e. The van der Waals surface area contributed by atoms with Crippen LogP contribution in [0.5, 0.6) is 5.75 Å². The van der Waals surface area contributed by atoms with Gasteiger partial charge in [-0.2, -0.15) is 23.3 Å². The molecule has 5 aliphatic rings. The van der Waals surface area contributed by atoms with Crippen molar-refractivity contribution in [2.75, 3.05) is 68.8 Å². The van der Waals surface area contributed by atoms with Gasteiger partial charge in [-0.05, 0) is 79.8 Å². The van der Waals surface area contributed by atoms with Crippen LogP contribution in [-0.4, -0.2) is 113 Å². The normalized spacial score (nSPS) is 22.8. The highest BCUT2D eigenvalue weighted by Crippen LogP contribution is 2.53. The third kappa shape index (κ3) is 6.31. The van der Waals surface area contributed by atoms with Crippen molar-refractivity contribution < 1.29 is 31.5 Å². The van der Waals surface area contributed by atoms with E-state index in [-0.39, 0.29) is 42.0 Å². The maximum Gasteiger partial charge on any atom is 0.422 e. The molecule has 9 rings (SSSR count). The number of ether oxygens (including phenoxy) is 1. The molecule has 1 spiro atoms. The maximum absolute atomic E-state index is 14.2. The third-order valence-electron chi connectivity index (χ3n) is 12.2. The molecule has 0 bridgehead atoms. The van der Waals surface area contributed by atoms with Crippen LogP contribution in [0.15, 0.2) is 37.1 Å². The molecule has 54 heavy (non-hydrogen) atoms. The number of alkyl halides is 5. The number of rotatable bonds is 8. The molecule has 10 nitrogen and oxygen atoms in total. The van der Waals surface area contributed by atoms with E-state index in [9.17, 15) is 26.7 Å². The van der Waals surface area contributed by atoms with Gasteiger partial charge in [-0.15, -0.1) is 0 Å². The highest BCUT2D eigenvalue weighted by Gasteiger charge is 2.47. The number of hydrogen-bond donors (Lipinski definition) is 1. The highest BCUT2D eigenvalue weighted by molar-refractivity contribution is 6.06. The molecule has 1 N–H and O–H groups in total. The predicted octanol–water partition coefficient (Wildman–Crippen LogP) is 6.83. The van der Waals surface area contributed by atoms with Gasteiger partial charge in [0.05, 0.1) is 18.3 Å². The van der Waals surface area contributed by atoms with Crippen molar-refractivity contribution in [2.24, 2.45) is 5.41 Å². The van der Waals surface area contributed by atoms with Gasteiger partial charge in [-0.1, -0.05) is 12.6 Å². The summed E-state index contributed by atoms with van der Waals surface area (Å²) in [4.78, 5) is 30.3. The summed E-state index contributed by atoms with van der Waals surface area (Å²) in [6.45, 7) is 7.63. The average Bonchev–Trinajstić information content (AvgIpc) is 3.47. The lowest BCUT2D eigenvalue weighted by Crippen LogP contribution is -2.61. The van der Waals surface area contributed by atoms with E-state index < -0.39 is 18.7 Å². The molecule has 5 fully saturated rings. The smallest absolute Gasteiger partial charge is 0.422 e. The van der Waals surface area contributed by atoms with Crippen molar-refractivity contribution in [2.45, 2.75) is 69.5 Å². The lowest BCUT2D eigenvalue weighted by molar-refractivity contribution is -0.153. The first-order chi connectivity index (χ1) is 25.8. The molecule has 1 amide bonds.